The van der Waals surface area contributed by atoms with Gasteiger partial charge in [-0.3, -0.25) is 14.2 Å². The normalized spacial score (nSPS) is 10.6. The lowest BCUT2D eigenvalue weighted by Gasteiger charge is -2.05. The molecule has 4 rings (SSSR count). The number of carbonyl (C=O) groups excluding carboxylic acids is 1. The van der Waals surface area contributed by atoms with Gasteiger partial charge >= 0.3 is 0 Å². The maximum Gasteiger partial charge on any atom is 0.168 e. The van der Waals surface area contributed by atoms with Gasteiger partial charge in [-0.15, -0.1) is 0 Å². The molecule has 0 spiro atoms. The first-order valence-electron chi connectivity index (χ1n) is 9.51. The van der Waals surface area contributed by atoms with Crippen molar-refractivity contribution in [3.63, 3.8) is 0 Å². The number of imidazole rings is 1. The fraction of sp³-hybridized carbons (Fsp3) is 0.160. The average molecular weight is 379 g/mol. The molecule has 0 radical (unpaired) electrons. The van der Waals surface area contributed by atoms with E-state index < -0.39 is 0 Å². The van der Waals surface area contributed by atoms with Gasteiger partial charge in [0.15, 0.2) is 5.78 Å². The number of fused-ring (bicyclic) bond motifs is 1. The van der Waals surface area contributed by atoms with Crippen LogP contribution in [0.5, 0.6) is 0 Å². The van der Waals surface area contributed by atoms with Gasteiger partial charge in [0.2, 0.25) is 0 Å². The van der Waals surface area contributed by atoms with E-state index in [1.54, 1.807) is 12.4 Å². The summed E-state index contributed by atoms with van der Waals surface area (Å²) in [6, 6.07) is 13.6. The molecule has 0 saturated carbocycles. The molecule has 0 unspecified atom stereocenters. The van der Waals surface area contributed by atoms with Gasteiger partial charge in [0.25, 0.3) is 0 Å². The van der Waals surface area contributed by atoms with Crippen molar-refractivity contribution in [1.82, 2.24) is 14.4 Å². The molecule has 0 bridgehead atoms. The molecule has 0 aliphatic heterocycles. The minimum atomic E-state index is 0.0385. The quantitative estimate of drug-likeness (QED) is 0.389. The highest BCUT2D eigenvalue weighted by molar-refractivity contribution is 5.97. The molecule has 4 nitrogen and oxygen atoms in total. The lowest BCUT2D eigenvalue weighted by atomic mass is 10.00. The summed E-state index contributed by atoms with van der Waals surface area (Å²) in [5.41, 5.74) is 7.24. The third-order valence-electron chi connectivity index (χ3n) is 4.93. The van der Waals surface area contributed by atoms with Crippen LogP contribution in [0.3, 0.4) is 0 Å². The Morgan fingerprint density at radius 3 is 2.69 bits per heavy atom. The summed E-state index contributed by atoms with van der Waals surface area (Å²) in [4.78, 5) is 21.5. The van der Waals surface area contributed by atoms with E-state index in [0.29, 0.717) is 5.56 Å². The number of benzene rings is 1. The van der Waals surface area contributed by atoms with Crippen LogP contribution in [0.4, 0.5) is 0 Å². The number of rotatable bonds is 3. The lowest BCUT2D eigenvalue weighted by molar-refractivity contribution is 0.0992. The highest BCUT2D eigenvalue weighted by atomic mass is 16.1. The molecular formula is C25H21N3O. The summed E-state index contributed by atoms with van der Waals surface area (Å²) in [6.45, 7) is 6.03. The van der Waals surface area contributed by atoms with Gasteiger partial charge in [0.1, 0.15) is 11.3 Å². The Hall–Kier alpha value is -3.71. The molecule has 0 atom stereocenters. The molecule has 29 heavy (non-hydrogen) atoms. The smallest absolute Gasteiger partial charge is 0.168 e. The van der Waals surface area contributed by atoms with Gasteiger partial charge in [-0.05, 0) is 67.6 Å². The number of aryl methyl sites for hydroxylation is 3. The van der Waals surface area contributed by atoms with Gasteiger partial charge in [-0.2, -0.15) is 0 Å². The van der Waals surface area contributed by atoms with Crippen LogP contribution >= 0.6 is 0 Å². The first-order valence-corrected chi connectivity index (χ1v) is 9.51. The molecule has 3 heterocycles. The van der Waals surface area contributed by atoms with Crippen LogP contribution in [-0.4, -0.2) is 20.2 Å². The highest BCUT2D eigenvalue weighted by Crippen LogP contribution is 2.14. The van der Waals surface area contributed by atoms with E-state index in [9.17, 15) is 4.79 Å². The third-order valence-corrected chi connectivity index (χ3v) is 4.93. The summed E-state index contributed by atoms with van der Waals surface area (Å²) in [6.07, 6.45) is 5.76. The number of hydrogen-bond acceptors (Lipinski definition) is 3. The maximum atomic E-state index is 12.7. The molecule has 4 heteroatoms. The van der Waals surface area contributed by atoms with E-state index in [1.165, 1.54) is 0 Å². The number of Topliss-reactive ketones (excluding diaryl/α,β-unsaturated/α-hetero) is 1. The zero-order valence-corrected chi connectivity index (χ0v) is 16.7. The summed E-state index contributed by atoms with van der Waals surface area (Å²) in [7, 11) is 0. The number of nitrogens with zero attached hydrogens (tertiary/aromatic N) is 3. The second-order valence-corrected chi connectivity index (χ2v) is 7.23. The Labute approximate surface area is 170 Å². The number of carbonyl (C=O) groups is 1. The summed E-state index contributed by atoms with van der Waals surface area (Å²) in [5, 5.41) is 0. The summed E-state index contributed by atoms with van der Waals surface area (Å²) >= 11 is 0. The lowest BCUT2D eigenvalue weighted by Crippen LogP contribution is -2.06. The Balaban J connectivity index is 1.63. The molecule has 0 N–H and O–H groups in total. The summed E-state index contributed by atoms with van der Waals surface area (Å²) < 4.78 is 1.98. The minimum Gasteiger partial charge on any atom is -0.294 e. The Morgan fingerprint density at radius 2 is 1.86 bits per heavy atom. The Morgan fingerprint density at radius 1 is 1.00 bits per heavy atom. The Kier molecular flexibility index (Phi) is 4.97. The van der Waals surface area contributed by atoms with Crippen LogP contribution in [-0.2, 0) is 6.42 Å². The zero-order valence-electron chi connectivity index (χ0n) is 16.7. The molecule has 4 aromatic rings. The number of ketones is 1. The van der Waals surface area contributed by atoms with Crippen molar-refractivity contribution in [2.45, 2.75) is 27.2 Å². The molecular weight excluding hydrogens is 358 g/mol. The van der Waals surface area contributed by atoms with Gasteiger partial charge in [0.05, 0.1) is 12.6 Å². The monoisotopic (exact) mass is 379 g/mol. The van der Waals surface area contributed by atoms with Crippen LogP contribution in [0.1, 0.15) is 44.0 Å². The van der Waals surface area contributed by atoms with Crippen LogP contribution in [0.2, 0.25) is 0 Å². The van der Waals surface area contributed by atoms with Crippen molar-refractivity contribution in [2.75, 3.05) is 0 Å². The van der Waals surface area contributed by atoms with Gasteiger partial charge in [-0.1, -0.05) is 24.1 Å². The van der Waals surface area contributed by atoms with Gasteiger partial charge in [0, 0.05) is 29.2 Å². The number of pyridine rings is 2. The van der Waals surface area contributed by atoms with E-state index in [1.807, 2.05) is 73.8 Å². The standard InChI is InChI=1S/C25H21N3O/c1-17-10-11-26-22(13-17)15-24(29)21-7-6-18(2)20(14-21)8-9-23-16-27-25-19(3)5-4-12-28(23)25/h4-7,10-14,16H,15H2,1-3H3. The third kappa shape index (κ3) is 3.95. The SMILES string of the molecule is Cc1ccnc(CC(=O)c2ccc(C)c(C#Cc3cnc4c(C)cccn34)c2)c1. The predicted molar refractivity (Wildman–Crippen MR) is 114 cm³/mol. The second-order valence-electron chi connectivity index (χ2n) is 7.23. The molecule has 0 saturated heterocycles. The molecule has 0 fully saturated rings. The fourth-order valence-electron chi connectivity index (χ4n) is 3.27. The van der Waals surface area contributed by atoms with Crippen LogP contribution < -0.4 is 0 Å². The van der Waals surface area contributed by atoms with E-state index in [0.717, 1.165) is 39.3 Å². The maximum absolute atomic E-state index is 12.7. The Bertz CT molecular complexity index is 1290. The van der Waals surface area contributed by atoms with Crippen molar-refractivity contribution in [3.8, 4) is 11.8 Å². The molecule has 3 aromatic heterocycles. The number of hydrogen-bond donors (Lipinski definition) is 0. The van der Waals surface area contributed by atoms with E-state index in [4.69, 9.17) is 0 Å². The van der Waals surface area contributed by atoms with Crippen LogP contribution in [0, 0.1) is 32.6 Å². The van der Waals surface area contributed by atoms with Crippen LogP contribution in [0.25, 0.3) is 5.65 Å². The van der Waals surface area contributed by atoms with E-state index in [-0.39, 0.29) is 12.2 Å². The molecule has 142 valence electrons. The fourth-order valence-corrected chi connectivity index (χ4v) is 3.27. The topological polar surface area (TPSA) is 47.3 Å². The first kappa shape index (κ1) is 18.6. The van der Waals surface area contributed by atoms with Crippen molar-refractivity contribution >= 4 is 11.4 Å². The molecule has 0 amide bonds. The van der Waals surface area contributed by atoms with Crippen molar-refractivity contribution in [3.05, 3.63) is 100 Å². The largest absolute Gasteiger partial charge is 0.294 e. The van der Waals surface area contributed by atoms with Crippen molar-refractivity contribution < 1.29 is 4.79 Å². The minimum absolute atomic E-state index is 0.0385. The van der Waals surface area contributed by atoms with Gasteiger partial charge in [-0.25, -0.2) is 4.98 Å². The molecule has 0 aliphatic rings. The summed E-state index contributed by atoms with van der Waals surface area (Å²) in [5.74, 6) is 6.46. The average Bonchev–Trinajstić information content (AvgIpc) is 3.12. The van der Waals surface area contributed by atoms with Crippen LogP contribution in [0.15, 0.2) is 61.1 Å². The number of aromatic nitrogens is 3. The van der Waals surface area contributed by atoms with Crippen molar-refractivity contribution in [1.29, 1.82) is 0 Å². The molecule has 0 aliphatic carbocycles. The second kappa shape index (κ2) is 7.73. The highest BCUT2D eigenvalue weighted by Gasteiger charge is 2.10. The van der Waals surface area contributed by atoms with E-state index in [2.05, 4.69) is 21.8 Å². The molecule has 1 aromatic carbocycles. The zero-order chi connectivity index (χ0) is 20.4. The van der Waals surface area contributed by atoms with Gasteiger partial charge < -0.3 is 0 Å². The predicted octanol–water partition coefficient (Wildman–Crippen LogP) is 4.48. The first-order chi connectivity index (χ1) is 14.0. The van der Waals surface area contributed by atoms with Crippen molar-refractivity contribution in [2.24, 2.45) is 0 Å². The van der Waals surface area contributed by atoms with E-state index >= 15 is 0 Å².